The van der Waals surface area contributed by atoms with Gasteiger partial charge in [0.05, 0.1) is 17.6 Å². The Balaban J connectivity index is 1.27. The third-order valence-corrected chi connectivity index (χ3v) is 5.11. The van der Waals surface area contributed by atoms with E-state index in [1.165, 1.54) is 0 Å². The predicted molar refractivity (Wildman–Crippen MR) is 110 cm³/mol. The first-order valence-electron chi connectivity index (χ1n) is 9.19. The molecule has 0 aliphatic heterocycles. The van der Waals surface area contributed by atoms with Gasteiger partial charge in [-0.25, -0.2) is 4.98 Å². The molecule has 2 aromatic heterocycles. The van der Waals surface area contributed by atoms with Gasteiger partial charge in [-0.3, -0.25) is 0 Å². The van der Waals surface area contributed by atoms with Crippen molar-refractivity contribution < 1.29 is 4.42 Å². The number of fused-ring (bicyclic) bond motifs is 1. The number of nitrogens with zero attached hydrogens (tertiary/aromatic N) is 1. The smallest absolute Gasteiger partial charge is 0.134 e. The molecule has 0 radical (unpaired) electrons. The van der Waals surface area contributed by atoms with Gasteiger partial charge in [-0.1, -0.05) is 35.9 Å². The minimum absolute atomic E-state index is 0.708. The Morgan fingerprint density at radius 3 is 2.85 bits per heavy atom. The molecule has 0 bridgehead atoms. The van der Waals surface area contributed by atoms with E-state index in [1.54, 1.807) is 0 Å². The van der Waals surface area contributed by atoms with Crippen LogP contribution in [0, 0.1) is 6.92 Å². The van der Waals surface area contributed by atoms with E-state index in [4.69, 9.17) is 16.0 Å². The van der Waals surface area contributed by atoms with Gasteiger partial charge in [0, 0.05) is 17.0 Å². The van der Waals surface area contributed by atoms with Gasteiger partial charge in [-0.05, 0) is 55.8 Å². The van der Waals surface area contributed by atoms with E-state index in [9.17, 15) is 0 Å². The molecule has 2 heterocycles. The Bertz CT molecular complexity index is 1020. The molecule has 27 heavy (non-hydrogen) atoms. The maximum absolute atomic E-state index is 6.20. The maximum Gasteiger partial charge on any atom is 0.134 e. The molecule has 4 rings (SSSR count). The standard InChI is InChI=1S/C22H22ClN3O/c1-15-17(6-4-7-18(15)23)21-12-11-16(27-21)14-24-13-5-10-22-25-19-8-2-3-9-20(19)26-22/h2-4,6-9,11-12,24H,5,10,13-14H2,1H3,(H,25,26). The zero-order valence-corrected chi connectivity index (χ0v) is 16.0. The Morgan fingerprint density at radius 2 is 1.96 bits per heavy atom. The molecular formula is C22H22ClN3O. The van der Waals surface area contributed by atoms with Crippen LogP contribution in [0.15, 0.2) is 59.0 Å². The lowest BCUT2D eigenvalue weighted by Crippen LogP contribution is -2.15. The van der Waals surface area contributed by atoms with Gasteiger partial charge in [0.25, 0.3) is 0 Å². The summed E-state index contributed by atoms with van der Waals surface area (Å²) in [5, 5.41) is 4.19. The summed E-state index contributed by atoms with van der Waals surface area (Å²) in [4.78, 5) is 7.98. The van der Waals surface area contributed by atoms with Crippen LogP contribution < -0.4 is 5.32 Å². The molecule has 0 aliphatic carbocycles. The molecule has 0 saturated heterocycles. The van der Waals surface area contributed by atoms with Gasteiger partial charge in [0.2, 0.25) is 0 Å². The van der Waals surface area contributed by atoms with E-state index < -0.39 is 0 Å². The number of hydrogen-bond acceptors (Lipinski definition) is 3. The fourth-order valence-corrected chi connectivity index (χ4v) is 3.38. The van der Waals surface area contributed by atoms with Crippen LogP contribution in [0.3, 0.4) is 0 Å². The second kappa shape index (κ2) is 7.99. The SMILES string of the molecule is Cc1c(Cl)cccc1-c1ccc(CNCCCc2nc3ccccc3[nH]2)o1. The lowest BCUT2D eigenvalue weighted by molar-refractivity contribution is 0.490. The molecule has 2 N–H and O–H groups in total. The van der Waals surface area contributed by atoms with Crippen LogP contribution in [0.1, 0.15) is 23.6 Å². The van der Waals surface area contributed by atoms with Crippen molar-refractivity contribution in [3.05, 3.63) is 76.8 Å². The molecular weight excluding hydrogens is 358 g/mol. The highest BCUT2D eigenvalue weighted by Crippen LogP contribution is 2.29. The van der Waals surface area contributed by atoms with Gasteiger partial charge in [0.1, 0.15) is 17.3 Å². The maximum atomic E-state index is 6.20. The van der Waals surface area contributed by atoms with E-state index in [0.29, 0.717) is 6.54 Å². The van der Waals surface area contributed by atoms with E-state index in [1.807, 2.05) is 55.5 Å². The van der Waals surface area contributed by atoms with Crippen LogP contribution in [0.25, 0.3) is 22.4 Å². The van der Waals surface area contributed by atoms with Crippen molar-refractivity contribution in [2.75, 3.05) is 6.54 Å². The number of halogens is 1. The molecule has 0 aliphatic rings. The molecule has 0 fully saturated rings. The van der Waals surface area contributed by atoms with E-state index in [-0.39, 0.29) is 0 Å². The van der Waals surface area contributed by atoms with Crippen molar-refractivity contribution in [1.29, 1.82) is 0 Å². The summed E-state index contributed by atoms with van der Waals surface area (Å²) in [5.74, 6) is 2.82. The Kier molecular flexibility index (Phi) is 5.28. The molecule has 0 amide bonds. The average molecular weight is 380 g/mol. The van der Waals surface area contributed by atoms with Crippen LogP contribution in [0.2, 0.25) is 5.02 Å². The Hall–Kier alpha value is -2.56. The molecule has 138 valence electrons. The summed E-state index contributed by atoms with van der Waals surface area (Å²) in [7, 11) is 0. The first-order chi connectivity index (χ1) is 13.2. The first kappa shape index (κ1) is 17.8. The van der Waals surface area contributed by atoms with Crippen LogP contribution >= 0.6 is 11.6 Å². The average Bonchev–Trinajstić information content (AvgIpc) is 3.30. The van der Waals surface area contributed by atoms with Gasteiger partial charge in [0.15, 0.2) is 0 Å². The number of imidazole rings is 1. The van der Waals surface area contributed by atoms with Crippen LogP contribution in [0.4, 0.5) is 0 Å². The summed E-state index contributed by atoms with van der Waals surface area (Å²) in [6, 6.07) is 18.0. The fraction of sp³-hybridized carbons (Fsp3) is 0.227. The minimum Gasteiger partial charge on any atom is -0.460 e. The van der Waals surface area contributed by atoms with Crippen molar-refractivity contribution in [1.82, 2.24) is 15.3 Å². The number of furan rings is 1. The van der Waals surface area contributed by atoms with Crippen molar-refractivity contribution in [2.24, 2.45) is 0 Å². The van der Waals surface area contributed by atoms with Crippen molar-refractivity contribution >= 4 is 22.6 Å². The fourth-order valence-electron chi connectivity index (χ4n) is 3.21. The molecule has 0 unspecified atom stereocenters. The van der Waals surface area contributed by atoms with Gasteiger partial charge in [-0.15, -0.1) is 0 Å². The number of aromatic amines is 1. The second-order valence-corrected chi connectivity index (χ2v) is 7.07. The normalized spacial score (nSPS) is 11.3. The second-order valence-electron chi connectivity index (χ2n) is 6.66. The molecule has 0 saturated carbocycles. The lowest BCUT2D eigenvalue weighted by Gasteiger charge is -2.05. The third kappa shape index (κ3) is 4.07. The number of aryl methyl sites for hydroxylation is 1. The summed E-state index contributed by atoms with van der Waals surface area (Å²) in [5.41, 5.74) is 4.21. The highest BCUT2D eigenvalue weighted by atomic mass is 35.5. The first-order valence-corrected chi connectivity index (χ1v) is 9.57. The zero-order valence-electron chi connectivity index (χ0n) is 15.3. The van der Waals surface area contributed by atoms with Crippen LogP contribution in [0.5, 0.6) is 0 Å². The number of H-pyrrole nitrogens is 1. The van der Waals surface area contributed by atoms with Gasteiger partial charge >= 0.3 is 0 Å². The zero-order chi connectivity index (χ0) is 18.6. The number of benzene rings is 2. The van der Waals surface area contributed by atoms with E-state index in [2.05, 4.69) is 21.4 Å². The van der Waals surface area contributed by atoms with Crippen molar-refractivity contribution in [2.45, 2.75) is 26.3 Å². The molecule has 2 aromatic carbocycles. The minimum atomic E-state index is 0.708. The molecule has 0 spiro atoms. The summed E-state index contributed by atoms with van der Waals surface area (Å²) in [6.07, 6.45) is 1.94. The largest absolute Gasteiger partial charge is 0.460 e. The van der Waals surface area contributed by atoms with Crippen LogP contribution in [-0.2, 0) is 13.0 Å². The monoisotopic (exact) mass is 379 g/mol. The summed E-state index contributed by atoms with van der Waals surface area (Å²) in [6.45, 7) is 3.62. The van der Waals surface area contributed by atoms with Gasteiger partial charge in [-0.2, -0.15) is 0 Å². The van der Waals surface area contributed by atoms with Crippen LogP contribution in [-0.4, -0.2) is 16.5 Å². The molecule has 0 atom stereocenters. The summed E-state index contributed by atoms with van der Waals surface area (Å²) >= 11 is 6.20. The topological polar surface area (TPSA) is 53.9 Å². The van der Waals surface area contributed by atoms with Crippen molar-refractivity contribution in [3.63, 3.8) is 0 Å². The Labute approximate surface area is 163 Å². The van der Waals surface area contributed by atoms with E-state index >= 15 is 0 Å². The molecule has 4 aromatic rings. The number of aromatic nitrogens is 2. The number of rotatable bonds is 7. The molecule has 4 nitrogen and oxygen atoms in total. The Morgan fingerprint density at radius 1 is 1.07 bits per heavy atom. The van der Waals surface area contributed by atoms with Gasteiger partial charge < -0.3 is 14.7 Å². The number of nitrogens with one attached hydrogen (secondary N) is 2. The number of para-hydroxylation sites is 2. The third-order valence-electron chi connectivity index (χ3n) is 4.70. The summed E-state index contributed by atoms with van der Waals surface area (Å²) < 4.78 is 5.97. The highest BCUT2D eigenvalue weighted by Gasteiger charge is 2.09. The lowest BCUT2D eigenvalue weighted by atomic mass is 10.1. The molecule has 5 heteroatoms. The quantitative estimate of drug-likeness (QED) is 0.416. The highest BCUT2D eigenvalue weighted by molar-refractivity contribution is 6.31. The predicted octanol–water partition coefficient (Wildman–Crippen LogP) is 5.51. The number of hydrogen-bond donors (Lipinski definition) is 2. The van der Waals surface area contributed by atoms with E-state index in [0.717, 1.165) is 63.9 Å². The van der Waals surface area contributed by atoms with Crippen molar-refractivity contribution in [3.8, 4) is 11.3 Å².